The average Bonchev–Trinajstić information content (AvgIpc) is 2.27. The lowest BCUT2D eigenvalue weighted by Gasteiger charge is -2.11. The van der Waals surface area contributed by atoms with E-state index in [0.29, 0.717) is 27.8 Å². The van der Waals surface area contributed by atoms with E-state index in [1.165, 1.54) is 0 Å². The third-order valence-electron chi connectivity index (χ3n) is 1.67. The standard InChI is InChI=1S/C8H8BrFIN2P.C2H6/c1-4(12)5-2-3-6(9)7(10)8(5)13-14-11;1-2/h2-3,12-14H,1H3;1-2H3. The molecule has 6 heteroatoms. The molecule has 90 valence electrons. The van der Waals surface area contributed by atoms with Gasteiger partial charge in [0.25, 0.3) is 0 Å². The maximum atomic E-state index is 13.6. The van der Waals surface area contributed by atoms with E-state index in [9.17, 15) is 4.39 Å². The first-order valence-electron chi connectivity index (χ1n) is 4.73. The molecule has 16 heavy (non-hydrogen) atoms. The Bertz CT molecular complexity index is 374. The van der Waals surface area contributed by atoms with Gasteiger partial charge in [-0.1, -0.05) is 13.8 Å². The summed E-state index contributed by atoms with van der Waals surface area (Å²) in [6, 6.07) is 3.35. The SMILES string of the molecule is CC.CC(=N)c1ccc(Br)c(F)c1NPI. The molecule has 1 unspecified atom stereocenters. The lowest BCUT2D eigenvalue weighted by Crippen LogP contribution is -2.00. The Morgan fingerprint density at radius 2 is 2.06 bits per heavy atom. The first kappa shape index (κ1) is 16.3. The van der Waals surface area contributed by atoms with Crippen molar-refractivity contribution in [2.45, 2.75) is 20.8 Å². The van der Waals surface area contributed by atoms with Crippen molar-refractivity contribution in [1.29, 1.82) is 5.41 Å². The van der Waals surface area contributed by atoms with Crippen LogP contribution < -0.4 is 5.09 Å². The van der Waals surface area contributed by atoms with Crippen molar-refractivity contribution in [2.24, 2.45) is 0 Å². The van der Waals surface area contributed by atoms with Gasteiger partial charge in [-0.2, -0.15) is 0 Å². The summed E-state index contributed by atoms with van der Waals surface area (Å²) in [5.74, 6) is -0.335. The lowest BCUT2D eigenvalue weighted by atomic mass is 10.1. The normalized spacial score (nSPS) is 9.88. The van der Waals surface area contributed by atoms with Gasteiger partial charge in [0.15, 0.2) is 5.82 Å². The molecule has 0 saturated heterocycles. The summed E-state index contributed by atoms with van der Waals surface area (Å²) < 4.78 is 14.0. The maximum absolute atomic E-state index is 13.6. The van der Waals surface area contributed by atoms with Crippen molar-refractivity contribution in [3.63, 3.8) is 0 Å². The largest absolute Gasteiger partial charge is 0.356 e. The Hall–Kier alpha value is 0.260. The molecule has 0 fully saturated rings. The molecule has 0 aliphatic carbocycles. The van der Waals surface area contributed by atoms with Crippen LogP contribution in [-0.2, 0) is 0 Å². The summed E-state index contributed by atoms with van der Waals surface area (Å²) >= 11 is 5.24. The molecule has 1 rings (SSSR count). The van der Waals surface area contributed by atoms with Crippen LogP contribution in [0.1, 0.15) is 26.3 Å². The minimum absolute atomic E-state index is 0.335. The zero-order chi connectivity index (χ0) is 12.7. The molecule has 2 N–H and O–H groups in total. The minimum Gasteiger partial charge on any atom is -0.356 e. The first-order valence-corrected chi connectivity index (χ1v) is 9.63. The highest BCUT2D eigenvalue weighted by molar-refractivity contribution is 14.2. The van der Waals surface area contributed by atoms with Gasteiger partial charge in [0.05, 0.1) is 10.2 Å². The molecular formula is C10H14BrFIN2P. The Balaban J connectivity index is 0.00000106. The highest BCUT2D eigenvalue weighted by Gasteiger charge is 2.12. The third kappa shape index (κ3) is 4.26. The molecule has 0 bridgehead atoms. The second-order valence-electron chi connectivity index (χ2n) is 2.63. The topological polar surface area (TPSA) is 35.9 Å². The Morgan fingerprint density at radius 1 is 1.50 bits per heavy atom. The molecule has 1 atom stereocenters. The quantitative estimate of drug-likeness (QED) is 0.387. The molecule has 2 nitrogen and oxygen atoms in total. The Labute approximate surface area is 119 Å². The molecule has 0 heterocycles. The fourth-order valence-corrected chi connectivity index (χ4v) is 2.51. The van der Waals surface area contributed by atoms with E-state index >= 15 is 0 Å². The van der Waals surface area contributed by atoms with Crippen LogP contribution in [0.25, 0.3) is 0 Å². The summed E-state index contributed by atoms with van der Waals surface area (Å²) in [6.07, 6.45) is 0.380. The van der Waals surface area contributed by atoms with Crippen LogP contribution in [0.5, 0.6) is 0 Å². The van der Waals surface area contributed by atoms with Gasteiger partial charge in [0, 0.05) is 17.6 Å². The molecular weight excluding hydrogens is 405 g/mol. The molecule has 0 radical (unpaired) electrons. The van der Waals surface area contributed by atoms with Crippen molar-refractivity contribution in [1.82, 2.24) is 0 Å². The van der Waals surface area contributed by atoms with Crippen molar-refractivity contribution in [3.8, 4) is 0 Å². The van der Waals surface area contributed by atoms with Crippen LogP contribution in [0.15, 0.2) is 16.6 Å². The van der Waals surface area contributed by atoms with Crippen LogP contribution in [0.3, 0.4) is 0 Å². The second-order valence-corrected chi connectivity index (χ2v) is 5.54. The third-order valence-corrected chi connectivity index (χ3v) is 3.44. The van der Waals surface area contributed by atoms with Crippen LogP contribution in [0.4, 0.5) is 10.1 Å². The van der Waals surface area contributed by atoms with Crippen LogP contribution >= 0.6 is 44.3 Å². The van der Waals surface area contributed by atoms with Gasteiger partial charge in [-0.25, -0.2) is 4.39 Å². The molecule has 0 aromatic heterocycles. The fraction of sp³-hybridized carbons (Fsp3) is 0.300. The first-order chi connectivity index (χ1) is 7.57. The Morgan fingerprint density at radius 3 is 2.50 bits per heavy atom. The van der Waals surface area contributed by atoms with E-state index in [1.807, 2.05) is 13.8 Å². The summed E-state index contributed by atoms with van der Waals surface area (Å²) in [5, 5.41) is 10.4. The van der Waals surface area contributed by atoms with Crippen LogP contribution in [0.2, 0.25) is 0 Å². The Kier molecular flexibility index (Phi) is 8.50. The van der Waals surface area contributed by atoms with Gasteiger partial charge < -0.3 is 10.5 Å². The van der Waals surface area contributed by atoms with Gasteiger partial charge >= 0.3 is 0 Å². The van der Waals surface area contributed by atoms with Crippen molar-refractivity contribution in [2.75, 3.05) is 5.09 Å². The van der Waals surface area contributed by atoms with Gasteiger partial charge in [0.2, 0.25) is 0 Å². The lowest BCUT2D eigenvalue weighted by molar-refractivity contribution is 0.625. The van der Waals surface area contributed by atoms with E-state index in [0.717, 1.165) is 0 Å². The predicted octanol–water partition coefficient (Wildman–Crippen LogP) is 5.36. The zero-order valence-electron chi connectivity index (χ0n) is 9.29. The molecule has 0 saturated carbocycles. The number of nitrogens with one attached hydrogen (secondary N) is 2. The van der Waals surface area contributed by atoms with E-state index in [-0.39, 0.29) is 5.82 Å². The zero-order valence-corrected chi connectivity index (χ0v) is 14.0. The summed E-state index contributed by atoms with van der Waals surface area (Å²) in [7, 11) is 0. The van der Waals surface area contributed by atoms with E-state index in [2.05, 4.69) is 43.1 Å². The smallest absolute Gasteiger partial charge is 0.161 e. The van der Waals surface area contributed by atoms with Crippen LogP contribution in [0, 0.1) is 11.2 Å². The van der Waals surface area contributed by atoms with Crippen molar-refractivity contribution < 1.29 is 4.39 Å². The molecule has 0 amide bonds. The number of hydrogen-bond acceptors (Lipinski definition) is 2. The van der Waals surface area contributed by atoms with Crippen molar-refractivity contribution >= 4 is 55.7 Å². The number of rotatable bonds is 3. The maximum Gasteiger partial charge on any atom is 0.161 e. The van der Waals surface area contributed by atoms with Crippen molar-refractivity contribution in [3.05, 3.63) is 28.0 Å². The van der Waals surface area contributed by atoms with Gasteiger partial charge in [-0.05, 0) is 57.0 Å². The molecule has 0 aliphatic heterocycles. The van der Waals surface area contributed by atoms with Gasteiger partial charge in [0.1, 0.15) is 0 Å². The highest BCUT2D eigenvalue weighted by Crippen LogP contribution is 2.32. The highest BCUT2D eigenvalue weighted by atomic mass is 127. The molecule has 0 aliphatic rings. The summed E-state index contributed by atoms with van der Waals surface area (Å²) in [4.78, 5) is 0. The summed E-state index contributed by atoms with van der Waals surface area (Å²) in [5.41, 5.74) is 1.36. The predicted molar refractivity (Wildman–Crippen MR) is 83.9 cm³/mol. The van der Waals surface area contributed by atoms with Gasteiger partial charge in [-0.15, -0.1) is 0 Å². The van der Waals surface area contributed by atoms with Gasteiger partial charge in [-0.3, -0.25) is 0 Å². The fourth-order valence-electron chi connectivity index (χ4n) is 1.03. The number of hydrogen-bond donors (Lipinski definition) is 2. The van der Waals surface area contributed by atoms with Crippen LogP contribution in [-0.4, -0.2) is 5.71 Å². The number of benzene rings is 1. The molecule has 0 spiro atoms. The average molecular weight is 419 g/mol. The number of anilines is 1. The number of halogens is 3. The molecule has 1 aromatic rings. The minimum atomic E-state index is -0.335. The van der Waals surface area contributed by atoms with E-state index in [1.54, 1.807) is 19.1 Å². The van der Waals surface area contributed by atoms with E-state index in [4.69, 9.17) is 5.41 Å². The molecule has 1 aromatic carbocycles. The van der Waals surface area contributed by atoms with E-state index < -0.39 is 0 Å². The monoisotopic (exact) mass is 418 g/mol. The summed E-state index contributed by atoms with van der Waals surface area (Å²) in [6.45, 7) is 5.64. The second kappa shape index (κ2) is 8.37.